The third-order valence-corrected chi connectivity index (χ3v) is 12.9. The predicted molar refractivity (Wildman–Crippen MR) is 270 cm³/mol. The molecular formula is C50H70F3N11O12. The number of carbonyl (C=O) groups is 6. The number of anilines is 1. The van der Waals surface area contributed by atoms with Crippen LogP contribution in [0.4, 0.5) is 18.9 Å². The van der Waals surface area contributed by atoms with Crippen molar-refractivity contribution in [2.24, 2.45) is 0 Å². The van der Waals surface area contributed by atoms with Gasteiger partial charge in [0.2, 0.25) is 17.7 Å². The highest BCUT2D eigenvalue weighted by atomic mass is 19.4. The Bertz CT molecular complexity index is 2410. The number of pyridine rings is 3. The van der Waals surface area contributed by atoms with Crippen LogP contribution in [-0.2, 0) is 36.7 Å². The lowest BCUT2D eigenvalue weighted by Crippen LogP contribution is -2.55. The fraction of sp³-hybridized carbons (Fsp3) is 0.580. The summed E-state index contributed by atoms with van der Waals surface area (Å²) < 4.78 is 53.6. The van der Waals surface area contributed by atoms with Crippen LogP contribution in [-0.4, -0.2) is 226 Å². The normalized spacial score (nSPS) is 17.3. The van der Waals surface area contributed by atoms with E-state index in [0.717, 1.165) is 11.8 Å². The number of ether oxygens (including phenoxy) is 2. The molecule has 2 saturated heterocycles. The number of hydrogen-bond acceptors (Lipinski definition) is 17. The van der Waals surface area contributed by atoms with Gasteiger partial charge in [-0.1, -0.05) is 6.92 Å². The topological polar surface area (TPSA) is 284 Å². The molecule has 418 valence electrons. The van der Waals surface area contributed by atoms with Gasteiger partial charge in [-0.2, -0.15) is 13.2 Å². The lowest BCUT2D eigenvalue weighted by atomic mass is 10.0. The van der Waals surface area contributed by atoms with Crippen molar-refractivity contribution in [1.29, 1.82) is 0 Å². The molecular weight excluding hydrogens is 1000 g/mol. The van der Waals surface area contributed by atoms with E-state index in [9.17, 15) is 62.4 Å². The highest BCUT2D eigenvalue weighted by Crippen LogP contribution is 2.35. The number of carboxylic acid groups (broad SMARTS) is 4. The number of rotatable bonds is 25. The van der Waals surface area contributed by atoms with Crippen molar-refractivity contribution >= 4 is 41.4 Å². The second kappa shape index (κ2) is 29.5. The van der Waals surface area contributed by atoms with Gasteiger partial charge < -0.3 is 50.3 Å². The number of piperazine rings is 1. The zero-order valence-electron chi connectivity index (χ0n) is 43.2. The predicted octanol–water partition coefficient (Wildman–Crippen LogP) is 2.40. The zero-order chi connectivity index (χ0) is 55.4. The number of alkyl halides is 3. The Morgan fingerprint density at radius 3 is 1.86 bits per heavy atom. The molecule has 3 aromatic heterocycles. The van der Waals surface area contributed by atoms with Crippen molar-refractivity contribution in [2.45, 2.75) is 71.3 Å². The van der Waals surface area contributed by atoms with Crippen LogP contribution in [0.25, 0.3) is 11.3 Å². The molecule has 5 heterocycles. The standard InChI is InChI=1S/C50H70F3N11O12/c1-4-34-29-63(48(72)36-12-15-42(75-5-2)58-46(36)50(51,52)53)26-27-64(34)40-14-13-37(35-10-9-17-55-47(35)76-6-3)56-39(40)28-54-16-8-7-11-38(49(73)74)57-41(65)30-59-18-20-60(31-43(66)67)22-24-62(33-45(70)71)25-23-61(21-19-59)32-44(68)69/h9-10,12-15,17,34,38,54H,4-8,11,16,18-33H2,1-3H3,(H,57,65)(H,66,67)(H,68,69)(H,70,71)(H,73,74)/t34-,38-/m1/s1. The van der Waals surface area contributed by atoms with E-state index in [1.807, 2.05) is 32.0 Å². The summed E-state index contributed by atoms with van der Waals surface area (Å²) in [4.78, 5) is 97.7. The average Bonchev–Trinajstić information content (AvgIpc) is 3.37. The molecule has 3 aromatic rings. The van der Waals surface area contributed by atoms with E-state index in [4.69, 9.17) is 14.5 Å². The summed E-state index contributed by atoms with van der Waals surface area (Å²) in [7, 11) is 0. The molecule has 0 unspecified atom stereocenters. The van der Waals surface area contributed by atoms with Crippen molar-refractivity contribution in [2.75, 3.05) is 123 Å². The molecule has 6 N–H and O–H groups in total. The molecule has 76 heavy (non-hydrogen) atoms. The van der Waals surface area contributed by atoms with Gasteiger partial charge in [0.1, 0.15) is 6.04 Å². The van der Waals surface area contributed by atoms with Crippen LogP contribution in [0.15, 0.2) is 42.6 Å². The van der Waals surface area contributed by atoms with Crippen LogP contribution in [0.1, 0.15) is 68.2 Å². The van der Waals surface area contributed by atoms with E-state index < -0.39 is 59.2 Å². The van der Waals surface area contributed by atoms with E-state index in [1.54, 1.807) is 38.8 Å². The molecule has 2 amide bonds. The van der Waals surface area contributed by atoms with Crippen LogP contribution < -0.4 is 25.0 Å². The molecule has 23 nitrogen and oxygen atoms in total. The van der Waals surface area contributed by atoms with Gasteiger partial charge in [0.25, 0.3) is 5.91 Å². The Morgan fingerprint density at radius 2 is 1.32 bits per heavy atom. The van der Waals surface area contributed by atoms with Gasteiger partial charge >= 0.3 is 30.1 Å². The van der Waals surface area contributed by atoms with Gasteiger partial charge in [-0.25, -0.2) is 19.7 Å². The molecule has 0 aliphatic carbocycles. The lowest BCUT2D eigenvalue weighted by Gasteiger charge is -2.43. The van der Waals surface area contributed by atoms with Gasteiger partial charge in [0.15, 0.2) is 5.69 Å². The van der Waals surface area contributed by atoms with Crippen LogP contribution >= 0.6 is 0 Å². The number of hydrogen-bond donors (Lipinski definition) is 6. The maximum absolute atomic E-state index is 14.2. The monoisotopic (exact) mass is 1070 g/mol. The quantitative estimate of drug-likeness (QED) is 0.0665. The second-order valence-corrected chi connectivity index (χ2v) is 18.4. The number of aromatic nitrogens is 3. The third-order valence-electron chi connectivity index (χ3n) is 12.9. The molecule has 0 radical (unpaired) electrons. The number of nitrogens with zero attached hydrogens (tertiary/aromatic N) is 9. The van der Waals surface area contributed by atoms with E-state index in [2.05, 4.69) is 25.5 Å². The van der Waals surface area contributed by atoms with Gasteiger partial charge in [0.05, 0.1) is 67.6 Å². The minimum absolute atomic E-state index is 0.0902. The van der Waals surface area contributed by atoms with Crippen molar-refractivity contribution in [1.82, 2.24) is 50.1 Å². The molecule has 0 saturated carbocycles. The summed E-state index contributed by atoms with van der Waals surface area (Å²) in [6, 6.07) is 8.16. The first-order valence-electron chi connectivity index (χ1n) is 25.4. The smallest absolute Gasteiger partial charge is 0.434 e. The fourth-order valence-electron chi connectivity index (χ4n) is 9.10. The number of unbranched alkanes of at least 4 members (excludes halogenated alkanes) is 1. The summed E-state index contributed by atoms with van der Waals surface area (Å²) in [5, 5.41) is 44.7. The first-order valence-corrected chi connectivity index (χ1v) is 25.4. The third kappa shape index (κ3) is 18.5. The molecule has 2 aliphatic rings. The van der Waals surface area contributed by atoms with Crippen molar-refractivity contribution < 1.29 is 71.8 Å². The highest BCUT2D eigenvalue weighted by molar-refractivity contribution is 5.96. The summed E-state index contributed by atoms with van der Waals surface area (Å²) in [5.74, 6) is -5.73. The summed E-state index contributed by atoms with van der Waals surface area (Å²) in [6.45, 7) is 7.34. The van der Waals surface area contributed by atoms with E-state index >= 15 is 0 Å². The number of carbonyl (C=O) groups excluding carboxylic acids is 2. The SMILES string of the molecule is CCOc1ccc(C(=O)N2CCN(c3ccc(-c4cccnc4OCC)nc3CNCCCC[C@@H](NC(=O)CN3CCN(CC(=O)O)CCN(CC(=O)O)CCN(CC(=O)O)CC3)C(=O)O)[C@H](CC)C2)c(C(F)(F)F)n1. The first kappa shape index (κ1) is 60.1. The Kier molecular flexibility index (Phi) is 23.4. The number of aliphatic carboxylic acids is 4. The fourth-order valence-corrected chi connectivity index (χ4v) is 9.10. The molecule has 2 atom stereocenters. The maximum atomic E-state index is 14.2. The minimum atomic E-state index is -4.90. The Morgan fingerprint density at radius 1 is 0.724 bits per heavy atom. The van der Waals surface area contributed by atoms with Crippen molar-refractivity contribution in [3.8, 4) is 23.0 Å². The molecule has 5 rings (SSSR count). The molecule has 2 fully saturated rings. The highest BCUT2D eigenvalue weighted by Gasteiger charge is 2.40. The molecule has 0 spiro atoms. The number of carboxylic acids is 4. The zero-order valence-corrected chi connectivity index (χ0v) is 43.2. The van der Waals surface area contributed by atoms with Crippen LogP contribution in [0, 0.1) is 0 Å². The minimum Gasteiger partial charge on any atom is -0.480 e. The molecule has 26 heteroatoms. The van der Waals surface area contributed by atoms with Gasteiger partial charge in [0, 0.05) is 96.8 Å². The van der Waals surface area contributed by atoms with Crippen LogP contribution in [0.2, 0.25) is 0 Å². The number of amides is 2. The van der Waals surface area contributed by atoms with Gasteiger partial charge in [-0.05, 0) is 76.4 Å². The summed E-state index contributed by atoms with van der Waals surface area (Å²) in [6.07, 6.45) is -1.77. The van der Waals surface area contributed by atoms with Crippen LogP contribution in [0.3, 0.4) is 0 Å². The number of nitrogens with one attached hydrogen (secondary N) is 2. The Balaban J connectivity index is 1.24. The lowest BCUT2D eigenvalue weighted by molar-refractivity contribution is -0.142. The molecule has 0 bridgehead atoms. The van der Waals surface area contributed by atoms with E-state index in [-0.39, 0.29) is 130 Å². The number of halogens is 3. The average molecular weight is 1070 g/mol. The summed E-state index contributed by atoms with van der Waals surface area (Å²) in [5.41, 5.74) is 0.727. The largest absolute Gasteiger partial charge is 0.480 e. The Labute approximate surface area is 438 Å². The molecule has 2 aliphatic heterocycles. The molecule has 0 aromatic carbocycles. The van der Waals surface area contributed by atoms with E-state index in [0.29, 0.717) is 55.2 Å². The van der Waals surface area contributed by atoms with Gasteiger partial charge in [-0.15, -0.1) is 0 Å². The maximum Gasteiger partial charge on any atom is 0.434 e. The first-order chi connectivity index (χ1) is 36.3. The second-order valence-electron chi connectivity index (χ2n) is 18.4. The van der Waals surface area contributed by atoms with Crippen molar-refractivity contribution in [3.05, 3.63) is 59.5 Å². The van der Waals surface area contributed by atoms with Gasteiger partial charge in [-0.3, -0.25) is 43.6 Å². The van der Waals surface area contributed by atoms with Crippen molar-refractivity contribution in [3.63, 3.8) is 0 Å². The van der Waals surface area contributed by atoms with Crippen LogP contribution in [0.5, 0.6) is 11.8 Å². The van der Waals surface area contributed by atoms with E-state index in [1.165, 1.54) is 11.0 Å². The Hall–Kier alpha value is -6.74. The summed E-state index contributed by atoms with van der Waals surface area (Å²) >= 11 is 0.